The van der Waals surface area contributed by atoms with E-state index in [1.807, 2.05) is 0 Å². The van der Waals surface area contributed by atoms with Crippen LogP contribution < -0.4 is 5.73 Å². The quantitative estimate of drug-likeness (QED) is 0.713. The molecule has 0 bridgehead atoms. The van der Waals surface area contributed by atoms with Crippen molar-refractivity contribution in [1.82, 2.24) is 9.80 Å². The van der Waals surface area contributed by atoms with E-state index in [0.717, 1.165) is 5.92 Å². The molecule has 0 spiro atoms. The van der Waals surface area contributed by atoms with E-state index in [1.165, 1.54) is 51.9 Å². The Hall–Kier alpha value is -0.120. The van der Waals surface area contributed by atoms with E-state index in [2.05, 4.69) is 30.8 Å². The minimum atomic E-state index is 0.474. The highest BCUT2D eigenvalue weighted by atomic mass is 15.2. The average molecular weight is 227 g/mol. The highest BCUT2D eigenvalue weighted by Crippen LogP contribution is 2.24. The van der Waals surface area contributed by atoms with Crippen molar-refractivity contribution in [3.05, 3.63) is 0 Å². The Kier molecular flexibility index (Phi) is 6.32. The first-order valence-corrected chi connectivity index (χ1v) is 6.74. The molecule has 0 aromatic heterocycles. The SMILES string of the molecule is CCCN(CCN(C)C)CC1CCC(N)C1. The Morgan fingerprint density at radius 2 is 1.88 bits per heavy atom. The molecule has 0 aliphatic heterocycles. The van der Waals surface area contributed by atoms with E-state index in [4.69, 9.17) is 5.73 Å². The van der Waals surface area contributed by atoms with Crippen LogP contribution in [0.3, 0.4) is 0 Å². The average Bonchev–Trinajstić information content (AvgIpc) is 2.61. The molecule has 96 valence electrons. The maximum atomic E-state index is 5.97. The zero-order valence-corrected chi connectivity index (χ0v) is 11.3. The van der Waals surface area contributed by atoms with Gasteiger partial charge in [-0.3, -0.25) is 0 Å². The largest absolute Gasteiger partial charge is 0.328 e. The van der Waals surface area contributed by atoms with Crippen LogP contribution in [0.4, 0.5) is 0 Å². The summed E-state index contributed by atoms with van der Waals surface area (Å²) in [5.74, 6) is 0.851. The minimum absolute atomic E-state index is 0.474. The van der Waals surface area contributed by atoms with Gasteiger partial charge in [0.15, 0.2) is 0 Å². The summed E-state index contributed by atoms with van der Waals surface area (Å²) < 4.78 is 0. The lowest BCUT2D eigenvalue weighted by Crippen LogP contribution is -2.35. The minimum Gasteiger partial charge on any atom is -0.328 e. The molecule has 16 heavy (non-hydrogen) atoms. The third kappa shape index (κ3) is 5.28. The van der Waals surface area contributed by atoms with Crippen molar-refractivity contribution in [2.24, 2.45) is 11.7 Å². The molecule has 0 saturated heterocycles. The molecule has 1 rings (SSSR count). The summed E-state index contributed by atoms with van der Waals surface area (Å²) in [5, 5.41) is 0. The third-order valence-electron chi connectivity index (χ3n) is 3.50. The first-order valence-electron chi connectivity index (χ1n) is 6.74. The van der Waals surface area contributed by atoms with Gasteiger partial charge in [-0.2, -0.15) is 0 Å². The number of nitrogens with two attached hydrogens (primary N) is 1. The molecule has 0 amide bonds. The van der Waals surface area contributed by atoms with Crippen molar-refractivity contribution in [3.63, 3.8) is 0 Å². The molecule has 2 unspecified atom stereocenters. The van der Waals surface area contributed by atoms with E-state index in [1.54, 1.807) is 0 Å². The van der Waals surface area contributed by atoms with Crippen molar-refractivity contribution in [2.45, 2.75) is 38.6 Å². The molecule has 1 saturated carbocycles. The van der Waals surface area contributed by atoms with E-state index in [-0.39, 0.29) is 0 Å². The maximum Gasteiger partial charge on any atom is 0.0109 e. The van der Waals surface area contributed by atoms with Crippen LogP contribution in [0.15, 0.2) is 0 Å². The Morgan fingerprint density at radius 3 is 2.38 bits per heavy atom. The molecule has 2 atom stereocenters. The van der Waals surface area contributed by atoms with Crippen molar-refractivity contribution < 1.29 is 0 Å². The summed E-state index contributed by atoms with van der Waals surface area (Å²) in [7, 11) is 4.30. The van der Waals surface area contributed by atoms with Gasteiger partial charge in [0.1, 0.15) is 0 Å². The predicted octanol–water partition coefficient (Wildman–Crippen LogP) is 1.39. The molecule has 2 N–H and O–H groups in total. The number of likely N-dealkylation sites (N-methyl/N-ethyl adjacent to an activating group) is 1. The normalized spacial score (nSPS) is 25.9. The van der Waals surface area contributed by atoms with Crippen LogP contribution in [0, 0.1) is 5.92 Å². The maximum absolute atomic E-state index is 5.97. The molecule has 0 radical (unpaired) electrons. The molecule has 1 fully saturated rings. The second-order valence-corrected chi connectivity index (χ2v) is 5.54. The second kappa shape index (κ2) is 7.25. The van der Waals surface area contributed by atoms with Gasteiger partial charge in [0.2, 0.25) is 0 Å². The summed E-state index contributed by atoms with van der Waals surface area (Å²) in [6, 6.07) is 0.474. The van der Waals surface area contributed by atoms with Gasteiger partial charge in [-0.25, -0.2) is 0 Å². The summed E-state index contributed by atoms with van der Waals surface area (Å²) in [6.45, 7) is 7.13. The van der Waals surface area contributed by atoms with Crippen molar-refractivity contribution >= 4 is 0 Å². The molecular formula is C13H29N3. The van der Waals surface area contributed by atoms with Crippen molar-refractivity contribution in [3.8, 4) is 0 Å². The van der Waals surface area contributed by atoms with Crippen LogP contribution in [-0.2, 0) is 0 Å². The summed E-state index contributed by atoms with van der Waals surface area (Å²) >= 11 is 0. The zero-order chi connectivity index (χ0) is 12.0. The van der Waals surface area contributed by atoms with Crippen LogP contribution in [0.1, 0.15) is 32.6 Å². The number of rotatable bonds is 7. The summed E-state index contributed by atoms with van der Waals surface area (Å²) in [4.78, 5) is 4.88. The lowest BCUT2D eigenvalue weighted by Gasteiger charge is -2.26. The van der Waals surface area contributed by atoms with E-state index < -0.39 is 0 Å². The Bertz CT molecular complexity index is 182. The Balaban J connectivity index is 2.26. The van der Waals surface area contributed by atoms with Gasteiger partial charge >= 0.3 is 0 Å². The third-order valence-corrected chi connectivity index (χ3v) is 3.50. The number of hydrogen-bond donors (Lipinski definition) is 1. The first-order chi connectivity index (χ1) is 7.61. The highest BCUT2D eigenvalue weighted by Gasteiger charge is 2.23. The molecule has 0 aromatic carbocycles. The molecule has 0 heterocycles. The van der Waals surface area contributed by atoms with E-state index in [9.17, 15) is 0 Å². The van der Waals surface area contributed by atoms with Gasteiger partial charge in [-0.05, 0) is 52.2 Å². The fourth-order valence-corrected chi connectivity index (χ4v) is 2.60. The lowest BCUT2D eigenvalue weighted by atomic mass is 10.1. The molecule has 1 aliphatic carbocycles. The molecule has 3 nitrogen and oxygen atoms in total. The van der Waals surface area contributed by atoms with Crippen LogP contribution in [-0.4, -0.2) is 56.1 Å². The van der Waals surface area contributed by atoms with Crippen LogP contribution in [0.25, 0.3) is 0 Å². The zero-order valence-electron chi connectivity index (χ0n) is 11.3. The monoisotopic (exact) mass is 227 g/mol. The fourth-order valence-electron chi connectivity index (χ4n) is 2.60. The predicted molar refractivity (Wildman–Crippen MR) is 70.6 cm³/mol. The topological polar surface area (TPSA) is 32.5 Å². The first kappa shape index (κ1) is 13.9. The van der Waals surface area contributed by atoms with Gasteiger partial charge in [0.25, 0.3) is 0 Å². The molecule has 0 aromatic rings. The standard InChI is InChI=1S/C13H29N3/c1-4-7-16(9-8-15(2)3)11-12-5-6-13(14)10-12/h12-13H,4-11,14H2,1-3H3. The second-order valence-electron chi connectivity index (χ2n) is 5.54. The van der Waals surface area contributed by atoms with E-state index in [0.29, 0.717) is 6.04 Å². The number of hydrogen-bond acceptors (Lipinski definition) is 3. The van der Waals surface area contributed by atoms with Gasteiger partial charge < -0.3 is 15.5 Å². The van der Waals surface area contributed by atoms with Crippen molar-refractivity contribution in [2.75, 3.05) is 40.3 Å². The smallest absolute Gasteiger partial charge is 0.0109 e. The van der Waals surface area contributed by atoms with Crippen molar-refractivity contribution in [1.29, 1.82) is 0 Å². The lowest BCUT2D eigenvalue weighted by molar-refractivity contribution is 0.209. The van der Waals surface area contributed by atoms with Gasteiger partial charge in [0.05, 0.1) is 0 Å². The summed E-state index contributed by atoms with van der Waals surface area (Å²) in [6.07, 6.45) is 5.07. The Morgan fingerprint density at radius 1 is 1.12 bits per heavy atom. The van der Waals surface area contributed by atoms with Crippen LogP contribution in [0.5, 0.6) is 0 Å². The number of nitrogens with zero attached hydrogens (tertiary/aromatic N) is 2. The van der Waals surface area contributed by atoms with Gasteiger partial charge in [-0.15, -0.1) is 0 Å². The summed E-state index contributed by atoms with van der Waals surface area (Å²) in [5.41, 5.74) is 5.97. The fraction of sp³-hybridized carbons (Fsp3) is 1.00. The van der Waals surface area contributed by atoms with E-state index >= 15 is 0 Å². The molecular weight excluding hydrogens is 198 g/mol. The molecule has 1 aliphatic rings. The van der Waals surface area contributed by atoms with Gasteiger partial charge in [0, 0.05) is 25.7 Å². The van der Waals surface area contributed by atoms with Crippen LogP contribution in [0.2, 0.25) is 0 Å². The highest BCUT2D eigenvalue weighted by molar-refractivity contribution is 4.80. The van der Waals surface area contributed by atoms with Gasteiger partial charge in [-0.1, -0.05) is 6.92 Å². The van der Waals surface area contributed by atoms with Crippen LogP contribution >= 0.6 is 0 Å². The molecule has 3 heteroatoms. The Labute approximate surface area is 101 Å².